The Morgan fingerprint density at radius 1 is 1.39 bits per heavy atom. The van der Waals surface area contributed by atoms with Crippen LogP contribution in [-0.2, 0) is 14.3 Å². The predicted octanol–water partition coefficient (Wildman–Crippen LogP) is 1.52. The molecular weight excluding hydrogens is 236 g/mol. The van der Waals surface area contributed by atoms with Gasteiger partial charge in [0.1, 0.15) is 0 Å². The minimum Gasteiger partial charge on any atom is -0.481 e. The van der Waals surface area contributed by atoms with Crippen LogP contribution in [0.3, 0.4) is 0 Å². The first-order valence-electron chi connectivity index (χ1n) is 5.70. The van der Waals surface area contributed by atoms with E-state index < -0.39 is 18.0 Å². The second kappa shape index (κ2) is 8.47. The summed E-state index contributed by atoms with van der Waals surface area (Å²) in [6.07, 6.45) is 4.50. The lowest BCUT2D eigenvalue weighted by Crippen LogP contribution is -2.20. The quantitative estimate of drug-likeness (QED) is 0.410. The molecule has 0 saturated carbocycles. The van der Waals surface area contributed by atoms with Crippen molar-refractivity contribution in [2.24, 2.45) is 5.92 Å². The lowest BCUT2D eigenvalue weighted by molar-refractivity contribution is -0.140. The van der Waals surface area contributed by atoms with Crippen LogP contribution >= 0.6 is 0 Å². The number of hydrogen-bond donors (Lipinski definition) is 2. The van der Waals surface area contributed by atoms with Crippen LogP contribution in [0.25, 0.3) is 0 Å². The molecule has 0 heterocycles. The summed E-state index contributed by atoms with van der Waals surface area (Å²) < 4.78 is 4.53. The summed E-state index contributed by atoms with van der Waals surface area (Å²) in [6.45, 7) is 3.41. The van der Waals surface area contributed by atoms with E-state index in [1.165, 1.54) is 7.11 Å². The van der Waals surface area contributed by atoms with Gasteiger partial charge < -0.3 is 14.9 Å². The number of aliphatic hydroxyl groups excluding tert-OH is 1. The highest BCUT2D eigenvalue weighted by molar-refractivity contribution is 5.87. The molecule has 18 heavy (non-hydrogen) atoms. The van der Waals surface area contributed by atoms with Crippen LogP contribution < -0.4 is 0 Å². The van der Waals surface area contributed by atoms with Gasteiger partial charge in [-0.2, -0.15) is 0 Å². The zero-order chi connectivity index (χ0) is 14.1. The fraction of sp³-hybridized carbons (Fsp3) is 0.538. The second-order valence-corrected chi connectivity index (χ2v) is 4.15. The van der Waals surface area contributed by atoms with Gasteiger partial charge in [-0.05, 0) is 19.3 Å². The SMILES string of the molecule is COC(=O)/C(C)=C/C=C/CC(C)C(O)CC(=O)O. The van der Waals surface area contributed by atoms with Gasteiger partial charge in [0.25, 0.3) is 0 Å². The average molecular weight is 256 g/mol. The number of aliphatic hydroxyl groups is 1. The summed E-state index contributed by atoms with van der Waals surface area (Å²) in [4.78, 5) is 21.4. The highest BCUT2D eigenvalue weighted by Gasteiger charge is 2.15. The molecule has 0 radical (unpaired) electrons. The Morgan fingerprint density at radius 2 is 2.00 bits per heavy atom. The molecule has 0 rings (SSSR count). The Bertz CT molecular complexity index is 343. The molecular formula is C13H20O5. The van der Waals surface area contributed by atoms with Gasteiger partial charge in [0.2, 0.25) is 0 Å². The Kier molecular flexibility index (Phi) is 7.71. The third-order valence-electron chi connectivity index (χ3n) is 2.54. The van der Waals surface area contributed by atoms with Gasteiger partial charge >= 0.3 is 11.9 Å². The van der Waals surface area contributed by atoms with Gasteiger partial charge in [-0.3, -0.25) is 4.79 Å². The molecule has 0 saturated heterocycles. The van der Waals surface area contributed by atoms with E-state index in [-0.39, 0.29) is 12.3 Å². The van der Waals surface area contributed by atoms with Crippen molar-refractivity contribution >= 4 is 11.9 Å². The number of carboxylic acids is 1. The molecule has 0 fully saturated rings. The summed E-state index contributed by atoms with van der Waals surface area (Å²) >= 11 is 0. The highest BCUT2D eigenvalue weighted by Crippen LogP contribution is 2.12. The molecule has 0 aromatic heterocycles. The van der Waals surface area contributed by atoms with Crippen LogP contribution in [-0.4, -0.2) is 35.4 Å². The molecule has 0 aliphatic carbocycles. The molecule has 0 aliphatic heterocycles. The fourth-order valence-corrected chi connectivity index (χ4v) is 1.27. The van der Waals surface area contributed by atoms with Gasteiger partial charge in [0.15, 0.2) is 0 Å². The van der Waals surface area contributed by atoms with E-state index in [9.17, 15) is 14.7 Å². The maximum atomic E-state index is 11.0. The molecule has 0 aromatic rings. The fourth-order valence-electron chi connectivity index (χ4n) is 1.27. The number of hydrogen-bond acceptors (Lipinski definition) is 4. The largest absolute Gasteiger partial charge is 0.481 e. The lowest BCUT2D eigenvalue weighted by atomic mass is 9.98. The molecule has 2 N–H and O–H groups in total. The van der Waals surface area contributed by atoms with Crippen molar-refractivity contribution in [2.75, 3.05) is 7.11 Å². The van der Waals surface area contributed by atoms with Gasteiger partial charge in [-0.15, -0.1) is 0 Å². The number of esters is 1. The number of ether oxygens (including phenoxy) is 1. The van der Waals surface area contributed by atoms with Gasteiger partial charge in [-0.25, -0.2) is 4.79 Å². The van der Waals surface area contributed by atoms with E-state index in [1.807, 2.05) is 0 Å². The lowest BCUT2D eigenvalue weighted by Gasteiger charge is -2.14. The van der Waals surface area contributed by atoms with Gasteiger partial charge in [-0.1, -0.05) is 25.2 Å². The standard InChI is InChI=1S/C13H20O5/c1-9(11(14)8-12(15)16)6-4-5-7-10(2)13(17)18-3/h4-5,7,9,11,14H,6,8H2,1-3H3,(H,15,16)/b5-4+,10-7+. The number of allylic oxidation sites excluding steroid dienone is 3. The Hall–Kier alpha value is -1.62. The molecule has 102 valence electrons. The van der Waals surface area contributed by atoms with E-state index in [1.54, 1.807) is 32.1 Å². The first-order valence-corrected chi connectivity index (χ1v) is 5.70. The minimum atomic E-state index is -1.01. The summed E-state index contributed by atoms with van der Waals surface area (Å²) in [6, 6.07) is 0. The smallest absolute Gasteiger partial charge is 0.333 e. The second-order valence-electron chi connectivity index (χ2n) is 4.15. The molecule has 0 spiro atoms. The van der Waals surface area contributed by atoms with Crippen LogP contribution in [0.15, 0.2) is 23.8 Å². The number of methoxy groups -OCH3 is 1. The van der Waals surface area contributed by atoms with E-state index in [0.29, 0.717) is 12.0 Å². The summed E-state index contributed by atoms with van der Waals surface area (Å²) in [7, 11) is 1.31. The first-order chi connectivity index (χ1) is 8.38. The predicted molar refractivity (Wildman–Crippen MR) is 67.0 cm³/mol. The maximum absolute atomic E-state index is 11.0. The van der Waals surface area contributed by atoms with Crippen molar-refractivity contribution < 1.29 is 24.5 Å². The number of rotatable bonds is 7. The van der Waals surface area contributed by atoms with Crippen molar-refractivity contribution in [3.05, 3.63) is 23.8 Å². The maximum Gasteiger partial charge on any atom is 0.333 e. The molecule has 0 aromatic carbocycles. The number of carboxylic acid groups (broad SMARTS) is 1. The van der Waals surface area contributed by atoms with Gasteiger partial charge in [0, 0.05) is 5.57 Å². The topological polar surface area (TPSA) is 83.8 Å². The first kappa shape index (κ1) is 16.4. The van der Waals surface area contributed by atoms with E-state index >= 15 is 0 Å². The average Bonchev–Trinajstić information content (AvgIpc) is 2.31. The van der Waals surface area contributed by atoms with E-state index in [2.05, 4.69) is 4.74 Å². The van der Waals surface area contributed by atoms with Crippen molar-refractivity contribution in [1.29, 1.82) is 0 Å². The van der Waals surface area contributed by atoms with Crippen LogP contribution in [0.2, 0.25) is 0 Å². The van der Waals surface area contributed by atoms with Crippen molar-refractivity contribution in [3.8, 4) is 0 Å². The van der Waals surface area contributed by atoms with Crippen LogP contribution in [0.1, 0.15) is 26.7 Å². The zero-order valence-electron chi connectivity index (χ0n) is 10.9. The van der Waals surface area contributed by atoms with Crippen molar-refractivity contribution in [3.63, 3.8) is 0 Å². The summed E-state index contributed by atoms with van der Waals surface area (Å²) in [5.74, 6) is -1.55. The molecule has 0 amide bonds. The number of carbonyl (C=O) groups is 2. The Labute approximate surface area is 107 Å². The zero-order valence-corrected chi connectivity index (χ0v) is 10.9. The van der Waals surface area contributed by atoms with Crippen LogP contribution in [0.4, 0.5) is 0 Å². The minimum absolute atomic E-state index is 0.149. The molecule has 2 atom stereocenters. The van der Waals surface area contributed by atoms with Crippen molar-refractivity contribution in [1.82, 2.24) is 0 Å². The molecule has 5 nitrogen and oxygen atoms in total. The molecule has 5 heteroatoms. The highest BCUT2D eigenvalue weighted by atomic mass is 16.5. The monoisotopic (exact) mass is 256 g/mol. The van der Waals surface area contributed by atoms with Crippen LogP contribution in [0.5, 0.6) is 0 Å². The third kappa shape index (κ3) is 6.85. The normalized spacial score (nSPS) is 15.4. The molecule has 2 unspecified atom stereocenters. The molecule has 0 bridgehead atoms. The Morgan fingerprint density at radius 3 is 2.50 bits per heavy atom. The summed E-state index contributed by atoms with van der Waals surface area (Å²) in [5.41, 5.74) is 0.479. The summed E-state index contributed by atoms with van der Waals surface area (Å²) in [5, 5.41) is 18.0. The number of carbonyl (C=O) groups excluding carboxylic acids is 1. The van der Waals surface area contributed by atoms with E-state index in [0.717, 1.165) is 0 Å². The van der Waals surface area contributed by atoms with Crippen LogP contribution in [0, 0.1) is 5.92 Å². The van der Waals surface area contributed by atoms with Crippen molar-refractivity contribution in [2.45, 2.75) is 32.8 Å². The van der Waals surface area contributed by atoms with Gasteiger partial charge in [0.05, 0.1) is 19.6 Å². The molecule has 0 aliphatic rings. The number of aliphatic carboxylic acids is 1. The van der Waals surface area contributed by atoms with E-state index in [4.69, 9.17) is 5.11 Å². The Balaban J connectivity index is 4.16. The third-order valence-corrected chi connectivity index (χ3v) is 2.54.